The summed E-state index contributed by atoms with van der Waals surface area (Å²) in [6, 6.07) is 7.04. The van der Waals surface area contributed by atoms with Crippen LogP contribution in [0.5, 0.6) is 0 Å². The molecule has 0 aliphatic carbocycles. The largest absolute Gasteiger partial charge is 0.340 e. The minimum absolute atomic E-state index is 0.205. The van der Waals surface area contributed by atoms with Gasteiger partial charge in [-0.25, -0.2) is 0 Å². The van der Waals surface area contributed by atoms with Crippen molar-refractivity contribution in [2.24, 2.45) is 0 Å². The molecule has 1 saturated heterocycles. The lowest BCUT2D eigenvalue weighted by molar-refractivity contribution is -0.132. The first-order chi connectivity index (χ1) is 8.50. The Morgan fingerprint density at radius 3 is 2.61 bits per heavy atom. The number of amides is 1. The number of benzene rings is 1. The molecule has 0 bridgehead atoms. The fourth-order valence-corrected chi connectivity index (χ4v) is 3.03. The molecule has 2 nitrogen and oxygen atoms in total. The first-order valence-corrected chi connectivity index (χ1v) is 6.85. The number of hydrogen-bond acceptors (Lipinski definition) is 1. The van der Waals surface area contributed by atoms with Gasteiger partial charge >= 0.3 is 0 Å². The zero-order valence-corrected chi connectivity index (χ0v) is 11.9. The van der Waals surface area contributed by atoms with Crippen LogP contribution in [-0.2, 0) is 4.79 Å². The molecule has 0 N–H and O–H groups in total. The second-order valence-corrected chi connectivity index (χ2v) is 5.55. The SMILES string of the molecule is CC(=O)N1CCC[C@@H](c2ccc(C)c(C)c2)[C@H]1C. The van der Waals surface area contributed by atoms with Crippen molar-refractivity contribution in [3.8, 4) is 0 Å². The Kier molecular flexibility index (Phi) is 3.74. The van der Waals surface area contributed by atoms with E-state index in [-0.39, 0.29) is 5.91 Å². The monoisotopic (exact) mass is 245 g/mol. The van der Waals surface area contributed by atoms with Crippen molar-refractivity contribution in [2.75, 3.05) is 6.54 Å². The van der Waals surface area contributed by atoms with Crippen LogP contribution in [0.1, 0.15) is 49.3 Å². The van der Waals surface area contributed by atoms with Crippen molar-refractivity contribution in [2.45, 2.75) is 52.5 Å². The summed E-state index contributed by atoms with van der Waals surface area (Å²) in [6.07, 6.45) is 2.30. The average molecular weight is 245 g/mol. The summed E-state index contributed by atoms with van der Waals surface area (Å²) in [6.45, 7) is 9.08. The number of carbonyl (C=O) groups excluding carboxylic acids is 1. The highest BCUT2D eigenvalue weighted by molar-refractivity contribution is 5.73. The summed E-state index contributed by atoms with van der Waals surface area (Å²) in [5.74, 6) is 0.693. The van der Waals surface area contributed by atoms with Crippen LogP contribution in [0.25, 0.3) is 0 Å². The van der Waals surface area contributed by atoms with Crippen LogP contribution in [0.3, 0.4) is 0 Å². The Morgan fingerprint density at radius 2 is 2.00 bits per heavy atom. The molecule has 0 saturated carbocycles. The Balaban J connectivity index is 2.26. The van der Waals surface area contributed by atoms with Gasteiger partial charge in [0.15, 0.2) is 0 Å². The van der Waals surface area contributed by atoms with E-state index < -0.39 is 0 Å². The van der Waals surface area contributed by atoms with Crippen LogP contribution in [0.2, 0.25) is 0 Å². The molecular formula is C16H23NO. The predicted molar refractivity (Wildman–Crippen MR) is 74.7 cm³/mol. The van der Waals surface area contributed by atoms with Crippen LogP contribution in [0.4, 0.5) is 0 Å². The van der Waals surface area contributed by atoms with E-state index in [0.717, 1.165) is 13.0 Å². The lowest BCUT2D eigenvalue weighted by Gasteiger charge is -2.39. The van der Waals surface area contributed by atoms with Gasteiger partial charge in [0.2, 0.25) is 5.91 Å². The Morgan fingerprint density at radius 1 is 1.28 bits per heavy atom. The lowest BCUT2D eigenvalue weighted by Crippen LogP contribution is -2.44. The zero-order chi connectivity index (χ0) is 13.3. The molecule has 18 heavy (non-hydrogen) atoms. The summed E-state index contributed by atoms with van der Waals surface area (Å²) >= 11 is 0. The van der Waals surface area contributed by atoms with Crippen molar-refractivity contribution in [1.82, 2.24) is 4.90 Å². The maximum absolute atomic E-state index is 11.6. The molecule has 0 aromatic heterocycles. The number of likely N-dealkylation sites (tertiary alicyclic amines) is 1. The van der Waals surface area contributed by atoms with Gasteiger partial charge < -0.3 is 4.90 Å². The molecule has 2 heteroatoms. The number of aryl methyl sites for hydroxylation is 2. The smallest absolute Gasteiger partial charge is 0.219 e. The van der Waals surface area contributed by atoms with Crippen molar-refractivity contribution in [1.29, 1.82) is 0 Å². The Hall–Kier alpha value is -1.31. The molecule has 2 rings (SSSR count). The van der Waals surface area contributed by atoms with E-state index in [2.05, 4.69) is 39.0 Å². The molecule has 1 amide bonds. The summed E-state index contributed by atoms with van der Waals surface area (Å²) in [7, 11) is 0. The van der Waals surface area contributed by atoms with Crippen LogP contribution in [-0.4, -0.2) is 23.4 Å². The Labute approximate surface area is 110 Å². The molecular weight excluding hydrogens is 222 g/mol. The van der Waals surface area contributed by atoms with Crippen LogP contribution in [0.15, 0.2) is 18.2 Å². The number of piperidine rings is 1. The van der Waals surface area contributed by atoms with E-state index in [1.807, 2.05) is 4.90 Å². The minimum atomic E-state index is 0.205. The summed E-state index contributed by atoms with van der Waals surface area (Å²) < 4.78 is 0. The summed E-state index contributed by atoms with van der Waals surface area (Å²) in [4.78, 5) is 13.7. The first-order valence-electron chi connectivity index (χ1n) is 6.85. The normalized spacial score (nSPS) is 24.1. The third kappa shape index (κ3) is 2.43. The Bertz CT molecular complexity index is 452. The molecule has 98 valence electrons. The van der Waals surface area contributed by atoms with Gasteiger partial charge in [0.05, 0.1) is 0 Å². The van der Waals surface area contributed by atoms with E-state index in [9.17, 15) is 4.79 Å². The molecule has 0 unspecified atom stereocenters. The molecule has 1 heterocycles. The molecule has 0 spiro atoms. The van der Waals surface area contributed by atoms with Crippen molar-refractivity contribution in [3.05, 3.63) is 34.9 Å². The van der Waals surface area contributed by atoms with Crippen LogP contribution in [0, 0.1) is 13.8 Å². The molecule has 1 aliphatic rings. The van der Waals surface area contributed by atoms with E-state index >= 15 is 0 Å². The highest BCUT2D eigenvalue weighted by Gasteiger charge is 2.30. The van der Waals surface area contributed by atoms with Crippen molar-refractivity contribution < 1.29 is 4.79 Å². The molecule has 1 fully saturated rings. The number of hydrogen-bond donors (Lipinski definition) is 0. The number of carbonyl (C=O) groups is 1. The van der Waals surface area contributed by atoms with Crippen LogP contribution >= 0.6 is 0 Å². The summed E-state index contributed by atoms with van der Waals surface area (Å²) in [5.41, 5.74) is 4.07. The lowest BCUT2D eigenvalue weighted by atomic mass is 9.83. The van der Waals surface area contributed by atoms with Crippen molar-refractivity contribution in [3.63, 3.8) is 0 Å². The van der Waals surface area contributed by atoms with Gasteiger partial charge in [-0.3, -0.25) is 4.79 Å². The van der Waals surface area contributed by atoms with Gasteiger partial charge in [-0.15, -0.1) is 0 Å². The van der Waals surface area contributed by atoms with Crippen LogP contribution < -0.4 is 0 Å². The maximum atomic E-state index is 11.6. The van der Waals surface area contributed by atoms with E-state index in [4.69, 9.17) is 0 Å². The summed E-state index contributed by atoms with van der Waals surface area (Å²) in [5, 5.41) is 0. The van der Waals surface area contributed by atoms with Gasteiger partial charge in [-0.05, 0) is 50.3 Å². The topological polar surface area (TPSA) is 20.3 Å². The molecule has 0 radical (unpaired) electrons. The van der Waals surface area contributed by atoms with Crippen molar-refractivity contribution >= 4 is 5.91 Å². The van der Waals surface area contributed by atoms with Gasteiger partial charge in [-0.1, -0.05) is 18.2 Å². The average Bonchev–Trinajstić information content (AvgIpc) is 2.33. The van der Waals surface area contributed by atoms with Gasteiger partial charge in [-0.2, -0.15) is 0 Å². The molecule has 1 aromatic carbocycles. The minimum Gasteiger partial charge on any atom is -0.340 e. The number of rotatable bonds is 1. The maximum Gasteiger partial charge on any atom is 0.219 e. The standard InChI is InChI=1S/C16H23NO/c1-11-7-8-15(10-12(11)2)16-6-5-9-17(13(16)3)14(4)18/h7-8,10,13,16H,5-6,9H2,1-4H3/t13-,16-/m1/s1. The second kappa shape index (κ2) is 5.13. The third-order valence-corrected chi connectivity index (χ3v) is 4.35. The predicted octanol–water partition coefficient (Wildman–Crippen LogP) is 3.42. The molecule has 1 aliphatic heterocycles. The third-order valence-electron chi connectivity index (χ3n) is 4.35. The number of nitrogens with zero attached hydrogens (tertiary/aromatic N) is 1. The second-order valence-electron chi connectivity index (χ2n) is 5.55. The van der Waals surface area contributed by atoms with Gasteiger partial charge in [0.25, 0.3) is 0 Å². The highest BCUT2D eigenvalue weighted by Crippen LogP contribution is 2.33. The zero-order valence-electron chi connectivity index (χ0n) is 11.9. The fourth-order valence-electron chi connectivity index (χ4n) is 3.03. The first kappa shape index (κ1) is 13.1. The van der Waals surface area contributed by atoms with Gasteiger partial charge in [0.1, 0.15) is 0 Å². The molecule has 1 aromatic rings. The van der Waals surface area contributed by atoms with Gasteiger partial charge in [0, 0.05) is 25.4 Å². The quantitative estimate of drug-likeness (QED) is 0.742. The van der Waals surface area contributed by atoms with E-state index in [0.29, 0.717) is 12.0 Å². The van der Waals surface area contributed by atoms with E-state index in [1.54, 1.807) is 6.92 Å². The highest BCUT2D eigenvalue weighted by atomic mass is 16.2. The fraction of sp³-hybridized carbons (Fsp3) is 0.562. The van der Waals surface area contributed by atoms with E-state index in [1.165, 1.54) is 23.1 Å². The molecule has 2 atom stereocenters.